The fraction of sp³-hybridized carbons (Fsp3) is 0.906. The van der Waals surface area contributed by atoms with Gasteiger partial charge in [-0.3, -0.25) is 4.79 Å². The van der Waals surface area contributed by atoms with Gasteiger partial charge >= 0.3 is 0 Å². The van der Waals surface area contributed by atoms with Crippen molar-refractivity contribution in [3.8, 4) is 0 Å². The highest BCUT2D eigenvalue weighted by atomic mass is 16.1. The van der Waals surface area contributed by atoms with Crippen LogP contribution in [0.5, 0.6) is 0 Å². The van der Waals surface area contributed by atoms with Gasteiger partial charge in [0.25, 0.3) is 0 Å². The van der Waals surface area contributed by atoms with E-state index in [1.54, 1.807) is 0 Å². The van der Waals surface area contributed by atoms with E-state index in [1.165, 1.54) is 76.2 Å². The number of allylic oxidation sites excluding steroid dienone is 1. The van der Waals surface area contributed by atoms with Crippen molar-refractivity contribution in [2.45, 2.75) is 126 Å². The van der Waals surface area contributed by atoms with E-state index in [9.17, 15) is 4.79 Å². The van der Waals surface area contributed by atoms with Crippen molar-refractivity contribution in [2.24, 2.45) is 56.7 Å². The number of Topliss-reactive ketones (excluding diaryl/α,β-unsaturated/α-hetero) is 1. The first-order valence-electron chi connectivity index (χ1n) is 14.6. The largest absolute Gasteiger partial charge is 0.299 e. The minimum absolute atomic E-state index is 0.0831. The maximum absolute atomic E-state index is 12.9. The Bertz CT molecular complexity index is 837. The summed E-state index contributed by atoms with van der Waals surface area (Å²) in [6.45, 7) is 21.5. The van der Waals surface area contributed by atoms with Crippen LogP contribution in [0.25, 0.3) is 0 Å². The molecule has 0 amide bonds. The zero-order valence-corrected chi connectivity index (χ0v) is 23.0. The number of ketones is 1. The Morgan fingerprint density at radius 1 is 0.939 bits per heavy atom. The van der Waals surface area contributed by atoms with Gasteiger partial charge in [0.1, 0.15) is 5.78 Å². The molecule has 0 aliphatic heterocycles. The minimum atomic E-state index is -0.0831. The molecule has 0 radical (unpaired) electrons. The lowest BCUT2D eigenvalue weighted by molar-refractivity contribution is -0.157. The molecule has 33 heavy (non-hydrogen) atoms. The summed E-state index contributed by atoms with van der Waals surface area (Å²) in [7, 11) is 0. The highest BCUT2D eigenvalue weighted by molar-refractivity contribution is 5.86. The van der Waals surface area contributed by atoms with Gasteiger partial charge in [-0.05, 0) is 129 Å². The first-order chi connectivity index (χ1) is 15.4. The van der Waals surface area contributed by atoms with Gasteiger partial charge in [0, 0.05) is 11.8 Å². The van der Waals surface area contributed by atoms with Crippen LogP contribution in [0.2, 0.25) is 0 Å². The SMILES string of the molecule is C=C(C)C(CC)CCC(C)C1CCC2(C)C3CCC4C(C)(C)C(=O)CCC45CC35CCC12C. The van der Waals surface area contributed by atoms with E-state index in [4.69, 9.17) is 0 Å². The van der Waals surface area contributed by atoms with Gasteiger partial charge in [0.15, 0.2) is 0 Å². The molecule has 9 unspecified atom stereocenters. The Kier molecular flexibility index (Phi) is 5.45. The molecule has 5 aliphatic carbocycles. The van der Waals surface area contributed by atoms with Gasteiger partial charge in [-0.2, -0.15) is 0 Å². The summed E-state index contributed by atoms with van der Waals surface area (Å²) in [5.74, 6) is 4.54. The Labute approximate surface area is 204 Å². The molecule has 5 saturated carbocycles. The van der Waals surface area contributed by atoms with Crippen LogP contribution in [-0.4, -0.2) is 5.78 Å². The van der Waals surface area contributed by atoms with Crippen LogP contribution in [0.4, 0.5) is 0 Å². The maximum atomic E-state index is 12.9. The summed E-state index contributed by atoms with van der Waals surface area (Å²) in [6.07, 6.45) is 16.0. The molecule has 0 aromatic rings. The number of hydrogen-bond donors (Lipinski definition) is 0. The van der Waals surface area contributed by atoms with Gasteiger partial charge < -0.3 is 0 Å². The predicted octanol–water partition coefficient (Wildman–Crippen LogP) is 9.01. The monoisotopic (exact) mass is 452 g/mol. The standard InChI is InChI=1S/C32H52O/c1-9-23(21(2)3)11-10-22(4)24-14-16-30(8)26-13-12-25-28(5,6)27(33)15-17-31(25)20-32(26,31)19-18-29(24,30)7/h22-26H,2,9-20H2,1,3-8H3. The van der Waals surface area contributed by atoms with E-state index < -0.39 is 0 Å². The van der Waals surface area contributed by atoms with Gasteiger partial charge in [0.2, 0.25) is 0 Å². The van der Waals surface area contributed by atoms with Crippen molar-refractivity contribution in [1.82, 2.24) is 0 Å². The van der Waals surface area contributed by atoms with Crippen molar-refractivity contribution in [3.05, 3.63) is 12.2 Å². The number of fused-ring (bicyclic) bond motifs is 2. The van der Waals surface area contributed by atoms with Crippen LogP contribution < -0.4 is 0 Å². The third kappa shape index (κ3) is 2.92. The van der Waals surface area contributed by atoms with E-state index >= 15 is 0 Å². The highest BCUT2D eigenvalue weighted by Gasteiger charge is 2.82. The van der Waals surface area contributed by atoms with Crippen LogP contribution in [0.1, 0.15) is 126 Å². The molecular weight excluding hydrogens is 400 g/mol. The topological polar surface area (TPSA) is 17.1 Å². The van der Waals surface area contributed by atoms with Crippen LogP contribution in [-0.2, 0) is 4.79 Å². The molecular formula is C32H52O. The lowest BCUT2D eigenvalue weighted by atomic mass is 9.42. The summed E-state index contributed by atoms with van der Waals surface area (Å²) in [6, 6.07) is 0. The summed E-state index contributed by atoms with van der Waals surface area (Å²) in [4.78, 5) is 12.9. The second kappa shape index (κ2) is 7.46. The van der Waals surface area contributed by atoms with Crippen molar-refractivity contribution in [1.29, 1.82) is 0 Å². The van der Waals surface area contributed by atoms with E-state index in [0.717, 1.165) is 24.2 Å². The molecule has 0 N–H and O–H groups in total. The average molecular weight is 453 g/mol. The van der Waals surface area contributed by atoms with Gasteiger partial charge in [0.05, 0.1) is 0 Å². The predicted molar refractivity (Wildman–Crippen MR) is 139 cm³/mol. The van der Waals surface area contributed by atoms with Crippen LogP contribution in [0.3, 0.4) is 0 Å². The first kappa shape index (κ1) is 24.1. The van der Waals surface area contributed by atoms with Crippen molar-refractivity contribution < 1.29 is 4.79 Å². The number of rotatable bonds is 6. The summed E-state index contributed by atoms with van der Waals surface area (Å²) >= 11 is 0. The van der Waals surface area contributed by atoms with Gasteiger partial charge in [-0.15, -0.1) is 0 Å². The lowest BCUT2D eigenvalue weighted by Crippen LogP contribution is -2.57. The smallest absolute Gasteiger partial charge is 0.138 e. The molecule has 0 heterocycles. The fourth-order valence-corrected chi connectivity index (χ4v) is 11.6. The molecule has 1 heteroatoms. The second-order valence-electron chi connectivity index (χ2n) is 14.8. The molecule has 0 saturated heterocycles. The summed E-state index contributed by atoms with van der Waals surface area (Å²) in [5, 5.41) is 0. The van der Waals surface area contributed by atoms with Crippen LogP contribution in [0, 0.1) is 56.7 Å². The normalized spacial score (nSPS) is 49.3. The minimum Gasteiger partial charge on any atom is -0.299 e. The van der Waals surface area contributed by atoms with Gasteiger partial charge in [-0.1, -0.05) is 53.7 Å². The van der Waals surface area contributed by atoms with Gasteiger partial charge in [-0.25, -0.2) is 0 Å². The number of carbonyl (C=O) groups excluding carboxylic acids is 1. The second-order valence-corrected chi connectivity index (χ2v) is 14.8. The Balaban J connectivity index is 1.38. The summed E-state index contributed by atoms with van der Waals surface area (Å²) < 4.78 is 0. The lowest BCUT2D eigenvalue weighted by Gasteiger charge is -2.62. The van der Waals surface area contributed by atoms with E-state index in [2.05, 4.69) is 55.0 Å². The molecule has 9 atom stereocenters. The third-order valence-electron chi connectivity index (χ3n) is 13.8. The highest BCUT2D eigenvalue weighted by Crippen LogP contribution is 2.88. The molecule has 0 aromatic heterocycles. The van der Waals surface area contributed by atoms with Crippen LogP contribution >= 0.6 is 0 Å². The molecule has 5 fully saturated rings. The van der Waals surface area contributed by atoms with E-state index in [0.29, 0.717) is 39.3 Å². The molecule has 0 aromatic carbocycles. The van der Waals surface area contributed by atoms with Crippen molar-refractivity contribution in [2.75, 3.05) is 0 Å². The van der Waals surface area contributed by atoms with E-state index in [1.807, 2.05) is 0 Å². The number of carbonyl (C=O) groups is 1. The first-order valence-corrected chi connectivity index (χ1v) is 14.6. The van der Waals surface area contributed by atoms with Crippen molar-refractivity contribution in [3.63, 3.8) is 0 Å². The fourth-order valence-electron chi connectivity index (χ4n) is 11.6. The zero-order chi connectivity index (χ0) is 24.0. The molecule has 5 aliphatic rings. The summed E-state index contributed by atoms with van der Waals surface area (Å²) in [5.41, 5.74) is 3.40. The quantitative estimate of drug-likeness (QED) is 0.367. The van der Waals surface area contributed by atoms with Crippen LogP contribution in [0.15, 0.2) is 12.2 Å². The third-order valence-corrected chi connectivity index (χ3v) is 13.8. The Morgan fingerprint density at radius 3 is 2.27 bits per heavy atom. The van der Waals surface area contributed by atoms with Crippen molar-refractivity contribution >= 4 is 5.78 Å². The molecule has 1 nitrogen and oxygen atoms in total. The molecule has 5 rings (SSSR count). The number of hydrogen-bond acceptors (Lipinski definition) is 1. The Morgan fingerprint density at radius 2 is 1.61 bits per heavy atom. The molecule has 186 valence electrons. The molecule has 2 spiro atoms. The van der Waals surface area contributed by atoms with E-state index in [-0.39, 0.29) is 5.41 Å². The average Bonchev–Trinajstić information content (AvgIpc) is 3.34. The maximum Gasteiger partial charge on any atom is 0.138 e. The Hall–Kier alpha value is -0.590. The zero-order valence-electron chi connectivity index (χ0n) is 23.0. The molecule has 0 bridgehead atoms.